The minimum Gasteiger partial charge on any atom is -0.471 e. The zero-order valence-corrected chi connectivity index (χ0v) is 20.3. The molecule has 2 aliphatic heterocycles. The maximum atomic E-state index is 14.8. The van der Waals surface area contributed by atoms with Crippen molar-refractivity contribution >= 4 is 29.1 Å². The Morgan fingerprint density at radius 3 is 2.74 bits per heavy atom. The van der Waals surface area contributed by atoms with E-state index in [4.69, 9.17) is 30.5 Å². The number of hydrogen-bond acceptors (Lipinski definition) is 9. The van der Waals surface area contributed by atoms with Crippen LogP contribution in [-0.2, 0) is 27.4 Å². The molecule has 0 bridgehead atoms. The van der Waals surface area contributed by atoms with Gasteiger partial charge in [0.2, 0.25) is 5.88 Å². The van der Waals surface area contributed by atoms with Gasteiger partial charge in [-0.1, -0.05) is 11.6 Å². The van der Waals surface area contributed by atoms with Crippen molar-refractivity contribution in [2.75, 3.05) is 13.2 Å². The Morgan fingerprint density at radius 1 is 1.16 bits per heavy atom. The Kier molecular flexibility index (Phi) is 6.43. The van der Waals surface area contributed by atoms with E-state index < -0.39 is 42.7 Å². The van der Waals surface area contributed by atoms with E-state index in [9.17, 15) is 18.7 Å². The fourth-order valence-corrected chi connectivity index (χ4v) is 4.67. The number of aliphatic hydroxyl groups excluding tert-OH is 1. The van der Waals surface area contributed by atoms with Crippen LogP contribution in [0.1, 0.15) is 5.56 Å². The lowest BCUT2D eigenvalue weighted by Crippen LogP contribution is -2.34. The lowest BCUT2D eigenvalue weighted by atomic mass is 10.1. The number of aliphatic hydroxyl groups is 1. The van der Waals surface area contributed by atoms with Crippen LogP contribution in [0.4, 0.5) is 8.78 Å². The predicted octanol–water partition coefficient (Wildman–Crippen LogP) is 2.44. The van der Waals surface area contributed by atoms with Crippen LogP contribution in [0.5, 0.6) is 11.9 Å². The highest BCUT2D eigenvalue weighted by atomic mass is 35.5. The molecule has 4 atom stereocenters. The molecule has 0 saturated carbocycles. The molecule has 38 heavy (non-hydrogen) atoms. The quantitative estimate of drug-likeness (QED) is 0.319. The third-order valence-electron chi connectivity index (χ3n) is 6.34. The molecule has 2 fully saturated rings. The molecule has 6 rings (SSSR count). The summed E-state index contributed by atoms with van der Waals surface area (Å²) in [5.74, 6) is -1.72. The second-order valence-electron chi connectivity index (χ2n) is 8.83. The number of benzene rings is 1. The molecule has 0 unspecified atom stereocenters. The smallest absolute Gasteiger partial charge is 0.296 e. The third kappa shape index (κ3) is 4.58. The number of nitrogens with zero attached hydrogens (tertiary/aromatic N) is 4. The van der Waals surface area contributed by atoms with E-state index in [2.05, 4.69) is 20.1 Å². The number of fused-ring (bicyclic) bond motifs is 2. The Hall–Kier alpha value is -3.65. The van der Waals surface area contributed by atoms with Gasteiger partial charge in [0.15, 0.2) is 11.8 Å². The topological polar surface area (TPSA) is 134 Å². The van der Waals surface area contributed by atoms with Crippen LogP contribution in [0.2, 0.25) is 5.02 Å². The van der Waals surface area contributed by atoms with Gasteiger partial charge in [-0.2, -0.15) is 15.1 Å². The highest BCUT2D eigenvalue weighted by Gasteiger charge is 2.48. The molecule has 3 aromatic heterocycles. The predicted molar refractivity (Wildman–Crippen MR) is 127 cm³/mol. The zero-order chi connectivity index (χ0) is 26.4. The molecule has 2 N–H and O–H groups in total. The lowest BCUT2D eigenvalue weighted by Gasteiger charge is -2.15. The van der Waals surface area contributed by atoms with Gasteiger partial charge in [-0.3, -0.25) is 4.68 Å². The maximum Gasteiger partial charge on any atom is 0.296 e. The molecule has 1 aromatic carbocycles. The fourth-order valence-electron chi connectivity index (χ4n) is 4.46. The molecule has 5 heterocycles. The normalized spacial score (nSPS) is 22.6. The van der Waals surface area contributed by atoms with Crippen LogP contribution in [0, 0.1) is 11.6 Å². The van der Waals surface area contributed by atoms with Crippen LogP contribution in [-0.4, -0.2) is 73.8 Å². The van der Waals surface area contributed by atoms with Crippen molar-refractivity contribution in [1.29, 1.82) is 0 Å². The summed E-state index contributed by atoms with van der Waals surface area (Å²) in [5, 5.41) is 14.0. The molecule has 0 amide bonds. The monoisotopic (exact) mass is 547 g/mol. The first-order chi connectivity index (χ1) is 18.4. The Morgan fingerprint density at radius 2 is 1.95 bits per heavy atom. The van der Waals surface area contributed by atoms with E-state index in [1.165, 1.54) is 23.1 Å². The van der Waals surface area contributed by atoms with Gasteiger partial charge in [0.1, 0.15) is 47.9 Å². The minimum absolute atomic E-state index is 0.0349. The summed E-state index contributed by atoms with van der Waals surface area (Å²) in [5.41, 5.74) is 1.08. The molecule has 0 radical (unpaired) electrons. The molecule has 2 aliphatic rings. The van der Waals surface area contributed by atoms with Gasteiger partial charge < -0.3 is 33.8 Å². The van der Waals surface area contributed by atoms with Crippen molar-refractivity contribution in [2.24, 2.45) is 0 Å². The van der Waals surface area contributed by atoms with Gasteiger partial charge in [0, 0.05) is 11.8 Å². The van der Waals surface area contributed by atoms with Crippen LogP contribution < -0.4 is 9.47 Å². The largest absolute Gasteiger partial charge is 0.471 e. The van der Waals surface area contributed by atoms with E-state index in [1.807, 2.05) is 0 Å². The van der Waals surface area contributed by atoms with E-state index in [0.29, 0.717) is 17.4 Å². The number of rotatable bonds is 8. The number of pyridine rings is 1. The summed E-state index contributed by atoms with van der Waals surface area (Å²) in [6, 6.07) is 3.97. The first-order valence-electron chi connectivity index (χ1n) is 11.6. The summed E-state index contributed by atoms with van der Waals surface area (Å²) in [6.45, 7) is -0.0458. The number of ether oxygens (including phenoxy) is 4. The van der Waals surface area contributed by atoms with Gasteiger partial charge in [0.25, 0.3) is 6.01 Å². The highest BCUT2D eigenvalue weighted by molar-refractivity contribution is 6.32. The molecular formula is C24H20ClF2N5O6. The maximum absolute atomic E-state index is 14.8. The first-order valence-corrected chi connectivity index (χ1v) is 12.0. The Bertz CT molecular complexity index is 1490. The molecule has 4 aromatic rings. The van der Waals surface area contributed by atoms with Gasteiger partial charge in [-0.15, -0.1) is 0 Å². The van der Waals surface area contributed by atoms with Gasteiger partial charge in [-0.25, -0.2) is 8.78 Å². The molecule has 0 aliphatic carbocycles. The number of hydrogen-bond donors (Lipinski definition) is 2. The number of aromatic nitrogens is 5. The van der Waals surface area contributed by atoms with Crippen molar-refractivity contribution < 1.29 is 37.6 Å². The van der Waals surface area contributed by atoms with Crippen molar-refractivity contribution in [3.8, 4) is 23.0 Å². The van der Waals surface area contributed by atoms with Crippen molar-refractivity contribution in [1.82, 2.24) is 24.7 Å². The number of nitrogens with one attached hydrogen (secondary N) is 1. The summed E-state index contributed by atoms with van der Waals surface area (Å²) in [6.07, 6.45) is 1.55. The highest BCUT2D eigenvalue weighted by Crippen LogP contribution is 2.32. The van der Waals surface area contributed by atoms with Crippen LogP contribution >= 0.6 is 11.6 Å². The summed E-state index contributed by atoms with van der Waals surface area (Å²) in [4.78, 5) is 22.1. The average Bonchev–Trinajstić information content (AvgIpc) is 3.66. The summed E-state index contributed by atoms with van der Waals surface area (Å²) >= 11 is 6.29. The third-order valence-corrected chi connectivity index (χ3v) is 6.61. The molecule has 11 nitrogen and oxygen atoms in total. The van der Waals surface area contributed by atoms with Gasteiger partial charge in [0.05, 0.1) is 37.0 Å². The molecule has 198 valence electrons. The van der Waals surface area contributed by atoms with Gasteiger partial charge in [-0.05, 0) is 23.8 Å². The lowest BCUT2D eigenvalue weighted by molar-refractivity contribution is -0.108. The van der Waals surface area contributed by atoms with Crippen LogP contribution in [0.25, 0.3) is 22.3 Å². The number of H-pyrrole nitrogens is 1. The van der Waals surface area contributed by atoms with E-state index in [1.54, 1.807) is 0 Å². The second-order valence-corrected chi connectivity index (χ2v) is 9.24. The number of aromatic amines is 1. The number of carbonyl (C=O) groups excluding carboxylic acids is 1. The molecule has 2 saturated heterocycles. The van der Waals surface area contributed by atoms with Gasteiger partial charge >= 0.3 is 0 Å². The SMILES string of the molecule is O=CCn1cc(-c2cc(F)c(COc3nc4nc(O[C@@H]5CO[C@H]6[C@@H]5OC[C@H]6O)[nH]c4cc3Cl)c(F)c2)cn1. The van der Waals surface area contributed by atoms with E-state index in [-0.39, 0.29) is 53.4 Å². The second kappa shape index (κ2) is 9.91. The van der Waals surface area contributed by atoms with Crippen molar-refractivity contribution in [2.45, 2.75) is 37.6 Å². The zero-order valence-electron chi connectivity index (χ0n) is 19.5. The van der Waals surface area contributed by atoms with Crippen molar-refractivity contribution in [3.05, 3.63) is 52.8 Å². The number of imidazole rings is 1. The first kappa shape index (κ1) is 24.7. The van der Waals surface area contributed by atoms with Crippen LogP contribution in [0.15, 0.2) is 30.6 Å². The summed E-state index contributed by atoms with van der Waals surface area (Å²) < 4.78 is 53.4. The summed E-state index contributed by atoms with van der Waals surface area (Å²) in [7, 11) is 0. The number of halogens is 3. The molecule has 0 spiro atoms. The number of carbonyl (C=O) groups is 1. The van der Waals surface area contributed by atoms with E-state index >= 15 is 0 Å². The average molecular weight is 548 g/mol. The molecular weight excluding hydrogens is 528 g/mol. The fraction of sp³-hybridized carbons (Fsp3) is 0.333. The van der Waals surface area contributed by atoms with Crippen molar-refractivity contribution in [3.63, 3.8) is 0 Å². The van der Waals surface area contributed by atoms with E-state index in [0.717, 1.165) is 12.1 Å². The standard InChI is InChI=1S/C24H20ClF2N5O6/c25-14-5-17-22(31-24(29-17)38-19-10-36-20-18(34)9-35-21(19)20)30-23(14)37-8-13-15(26)3-11(4-16(13)27)12-6-28-32(7-12)1-2-33/h2-7,18-21,34H,1,8-10H2,(H,29,30,31)/t18-,19-,20-,21-/m1/s1. The number of aldehydes is 1. The van der Waals surface area contributed by atoms with Crippen LogP contribution in [0.3, 0.4) is 0 Å². The molecule has 14 heteroatoms. The Labute approximate surface area is 218 Å². The Balaban J connectivity index is 1.16. The minimum atomic E-state index is -0.827.